The largest absolute Gasteiger partial charge is 0.394 e. The summed E-state index contributed by atoms with van der Waals surface area (Å²) in [6, 6.07) is 7.87. The van der Waals surface area contributed by atoms with Gasteiger partial charge in [-0.05, 0) is 18.6 Å². The summed E-state index contributed by atoms with van der Waals surface area (Å²) in [4.78, 5) is 16.4. The molecular weight excluding hydrogens is 288 g/mol. The van der Waals surface area contributed by atoms with E-state index in [1.54, 1.807) is 11.3 Å². The van der Waals surface area contributed by atoms with E-state index in [9.17, 15) is 15.0 Å². The second-order valence-corrected chi connectivity index (χ2v) is 6.19. The Morgan fingerprint density at radius 1 is 1.33 bits per heavy atom. The Bertz CT molecular complexity index is 566. The van der Waals surface area contributed by atoms with E-state index < -0.39 is 5.54 Å². The van der Waals surface area contributed by atoms with Gasteiger partial charge < -0.3 is 15.5 Å². The normalized spacial score (nSPS) is 11.8. The zero-order valence-corrected chi connectivity index (χ0v) is 12.8. The highest BCUT2D eigenvalue weighted by atomic mass is 32.1. The predicted octanol–water partition coefficient (Wildman–Crippen LogP) is 1.48. The monoisotopic (exact) mass is 308 g/mol. The van der Waals surface area contributed by atoms with Crippen LogP contribution in [0.5, 0.6) is 0 Å². The van der Waals surface area contributed by atoms with E-state index >= 15 is 0 Å². The lowest BCUT2D eigenvalue weighted by atomic mass is 9.98. The van der Waals surface area contributed by atoms with Gasteiger partial charge in [-0.1, -0.05) is 19.1 Å². The van der Waals surface area contributed by atoms with Gasteiger partial charge in [-0.3, -0.25) is 4.79 Å². The summed E-state index contributed by atoms with van der Waals surface area (Å²) in [5.41, 5.74) is 0.0246. The number of carbonyl (C=O) groups is 1. The number of aliphatic hydroxyl groups excluding tert-OH is 2. The van der Waals surface area contributed by atoms with Crippen LogP contribution >= 0.6 is 11.3 Å². The van der Waals surface area contributed by atoms with Crippen LogP contribution in [0.2, 0.25) is 0 Å². The number of nitrogens with one attached hydrogen (secondary N) is 1. The van der Waals surface area contributed by atoms with Crippen LogP contribution in [0.4, 0.5) is 0 Å². The number of rotatable bonds is 7. The third kappa shape index (κ3) is 3.78. The number of fused-ring (bicyclic) bond motifs is 1. The van der Waals surface area contributed by atoms with E-state index in [1.165, 1.54) is 0 Å². The first-order valence-corrected chi connectivity index (χ1v) is 7.81. The molecule has 1 aromatic heterocycles. The van der Waals surface area contributed by atoms with Crippen LogP contribution < -0.4 is 5.32 Å². The molecule has 21 heavy (non-hydrogen) atoms. The predicted molar refractivity (Wildman–Crippen MR) is 83.3 cm³/mol. The zero-order chi connectivity index (χ0) is 15.3. The smallest absolute Gasteiger partial charge is 0.221 e. The molecule has 1 amide bonds. The Balaban J connectivity index is 1.94. The fourth-order valence-corrected chi connectivity index (χ4v) is 3.01. The van der Waals surface area contributed by atoms with Crippen molar-refractivity contribution in [2.45, 2.75) is 31.7 Å². The second kappa shape index (κ2) is 6.98. The van der Waals surface area contributed by atoms with Gasteiger partial charge in [0.15, 0.2) is 0 Å². The maximum Gasteiger partial charge on any atom is 0.221 e. The van der Waals surface area contributed by atoms with E-state index in [4.69, 9.17) is 0 Å². The van der Waals surface area contributed by atoms with Crippen molar-refractivity contribution in [3.05, 3.63) is 29.3 Å². The molecule has 3 N–H and O–H groups in total. The lowest BCUT2D eigenvalue weighted by Crippen LogP contribution is -2.53. The molecule has 2 rings (SSSR count). The molecule has 1 aromatic carbocycles. The molecule has 0 saturated carbocycles. The molecule has 6 heteroatoms. The highest BCUT2D eigenvalue weighted by molar-refractivity contribution is 7.18. The van der Waals surface area contributed by atoms with E-state index in [2.05, 4.69) is 10.3 Å². The minimum absolute atomic E-state index is 0.181. The number of para-hydroxylation sites is 1. The van der Waals surface area contributed by atoms with Crippen LogP contribution in [-0.2, 0) is 11.2 Å². The molecular formula is C15H20N2O3S. The fourth-order valence-electron chi connectivity index (χ4n) is 2.05. The Morgan fingerprint density at radius 2 is 2.05 bits per heavy atom. The van der Waals surface area contributed by atoms with Crippen molar-refractivity contribution in [3.63, 3.8) is 0 Å². The number of aromatic nitrogens is 1. The van der Waals surface area contributed by atoms with Gasteiger partial charge in [0.2, 0.25) is 5.91 Å². The molecule has 114 valence electrons. The SMILES string of the molecule is CCC(CO)(CO)NC(=O)CCc1nc2ccccc2s1. The van der Waals surface area contributed by atoms with Crippen molar-refractivity contribution in [1.82, 2.24) is 10.3 Å². The summed E-state index contributed by atoms with van der Waals surface area (Å²) in [5, 5.41) is 22.3. The summed E-state index contributed by atoms with van der Waals surface area (Å²) < 4.78 is 1.11. The lowest BCUT2D eigenvalue weighted by molar-refractivity contribution is -0.124. The summed E-state index contributed by atoms with van der Waals surface area (Å²) in [6.45, 7) is 1.28. The number of aryl methyl sites for hydroxylation is 1. The first-order valence-electron chi connectivity index (χ1n) is 6.99. The molecule has 1 heterocycles. The number of hydrogen-bond acceptors (Lipinski definition) is 5. The molecule has 0 aliphatic rings. The molecule has 0 saturated heterocycles. The number of carbonyl (C=O) groups excluding carboxylic acids is 1. The number of thiazole rings is 1. The maximum absolute atomic E-state index is 12.0. The topological polar surface area (TPSA) is 82.5 Å². The van der Waals surface area contributed by atoms with Crippen LogP contribution in [0.25, 0.3) is 10.2 Å². The molecule has 5 nitrogen and oxygen atoms in total. The van der Waals surface area contributed by atoms with E-state index in [0.29, 0.717) is 19.3 Å². The number of amides is 1. The second-order valence-electron chi connectivity index (χ2n) is 5.07. The maximum atomic E-state index is 12.0. The number of hydrogen-bond donors (Lipinski definition) is 3. The van der Waals surface area contributed by atoms with Crippen LogP contribution in [-0.4, -0.2) is 39.9 Å². The van der Waals surface area contributed by atoms with Gasteiger partial charge in [0.1, 0.15) is 0 Å². The Morgan fingerprint density at radius 3 is 2.67 bits per heavy atom. The molecule has 0 bridgehead atoms. The van der Waals surface area contributed by atoms with Crippen molar-refractivity contribution < 1.29 is 15.0 Å². The zero-order valence-electron chi connectivity index (χ0n) is 12.0. The molecule has 2 aromatic rings. The third-order valence-electron chi connectivity index (χ3n) is 3.59. The molecule has 0 unspecified atom stereocenters. The highest BCUT2D eigenvalue weighted by Gasteiger charge is 2.28. The van der Waals surface area contributed by atoms with E-state index in [-0.39, 0.29) is 19.1 Å². The summed E-state index contributed by atoms with van der Waals surface area (Å²) >= 11 is 1.58. The van der Waals surface area contributed by atoms with Gasteiger partial charge in [0, 0.05) is 12.8 Å². The van der Waals surface area contributed by atoms with E-state index in [1.807, 2.05) is 31.2 Å². The fraction of sp³-hybridized carbons (Fsp3) is 0.467. The minimum Gasteiger partial charge on any atom is -0.394 e. The van der Waals surface area contributed by atoms with Crippen LogP contribution in [0, 0.1) is 0 Å². The number of nitrogens with zero attached hydrogens (tertiary/aromatic N) is 1. The third-order valence-corrected chi connectivity index (χ3v) is 4.69. The van der Waals surface area contributed by atoms with Gasteiger partial charge in [-0.2, -0.15) is 0 Å². The highest BCUT2D eigenvalue weighted by Crippen LogP contribution is 2.22. The van der Waals surface area contributed by atoms with Crippen molar-refractivity contribution in [2.75, 3.05) is 13.2 Å². The van der Waals surface area contributed by atoms with Gasteiger partial charge in [-0.15, -0.1) is 11.3 Å². The number of aliphatic hydroxyl groups is 2. The molecule has 0 aliphatic carbocycles. The van der Waals surface area contributed by atoms with Crippen molar-refractivity contribution in [2.24, 2.45) is 0 Å². The van der Waals surface area contributed by atoms with Gasteiger partial charge in [0.05, 0.1) is 34.0 Å². The molecule has 0 radical (unpaired) electrons. The number of benzene rings is 1. The summed E-state index contributed by atoms with van der Waals surface area (Å²) in [7, 11) is 0. The average Bonchev–Trinajstić information content (AvgIpc) is 2.94. The molecule has 0 atom stereocenters. The molecule has 0 spiro atoms. The Hall–Kier alpha value is -1.50. The van der Waals surface area contributed by atoms with Crippen molar-refractivity contribution in [1.29, 1.82) is 0 Å². The summed E-state index contributed by atoms with van der Waals surface area (Å²) in [5.74, 6) is -0.181. The first kappa shape index (κ1) is 15.9. The van der Waals surface area contributed by atoms with Crippen LogP contribution in [0.3, 0.4) is 0 Å². The van der Waals surface area contributed by atoms with Gasteiger partial charge >= 0.3 is 0 Å². The van der Waals surface area contributed by atoms with Crippen molar-refractivity contribution >= 4 is 27.5 Å². The van der Waals surface area contributed by atoms with Gasteiger partial charge in [-0.25, -0.2) is 4.98 Å². The standard InChI is InChI=1S/C15H20N2O3S/c1-2-15(9-18,10-19)17-13(20)7-8-14-16-11-5-3-4-6-12(11)21-14/h3-6,18-19H,2,7-10H2,1H3,(H,17,20). The average molecular weight is 308 g/mol. The minimum atomic E-state index is -0.926. The lowest BCUT2D eigenvalue weighted by Gasteiger charge is -2.29. The van der Waals surface area contributed by atoms with Crippen LogP contribution in [0.15, 0.2) is 24.3 Å². The summed E-state index contributed by atoms with van der Waals surface area (Å²) in [6.07, 6.45) is 1.33. The first-order chi connectivity index (χ1) is 10.1. The molecule has 0 aliphatic heterocycles. The van der Waals surface area contributed by atoms with E-state index in [0.717, 1.165) is 15.2 Å². The van der Waals surface area contributed by atoms with Gasteiger partial charge in [0.25, 0.3) is 0 Å². The Labute approximate surface area is 127 Å². The van der Waals surface area contributed by atoms with Crippen LogP contribution in [0.1, 0.15) is 24.8 Å². The van der Waals surface area contributed by atoms with Crippen molar-refractivity contribution in [3.8, 4) is 0 Å². The molecule has 0 fully saturated rings. The Kier molecular flexibility index (Phi) is 5.27. The quantitative estimate of drug-likeness (QED) is 0.723.